The Bertz CT molecular complexity index is 378. The van der Waals surface area contributed by atoms with Gasteiger partial charge in [-0.15, -0.1) is 11.3 Å². The third-order valence-electron chi connectivity index (χ3n) is 3.92. The Balaban J connectivity index is 1.95. The van der Waals surface area contributed by atoms with Crippen molar-refractivity contribution in [1.82, 2.24) is 10.3 Å². The van der Waals surface area contributed by atoms with Gasteiger partial charge in [0.05, 0.1) is 10.7 Å². The molecule has 1 aromatic heterocycles. The van der Waals surface area contributed by atoms with Crippen molar-refractivity contribution in [2.45, 2.75) is 64.8 Å². The standard InChI is InChI=1S/C15H26N2S/c1-5-11-6-7-16-12(8-11)9-14-17-13(10-18-14)15(2,3)4/h10-12,16H,5-9H2,1-4H3. The zero-order valence-corrected chi connectivity index (χ0v) is 12.9. The van der Waals surface area contributed by atoms with E-state index in [1.165, 1.54) is 36.5 Å². The third kappa shape index (κ3) is 3.55. The quantitative estimate of drug-likeness (QED) is 0.901. The Kier molecular flexibility index (Phi) is 4.44. The van der Waals surface area contributed by atoms with Crippen molar-refractivity contribution >= 4 is 11.3 Å². The van der Waals surface area contributed by atoms with Crippen molar-refractivity contribution in [3.63, 3.8) is 0 Å². The molecule has 0 amide bonds. The first-order valence-electron chi connectivity index (χ1n) is 7.17. The normalized spacial score (nSPS) is 25.3. The summed E-state index contributed by atoms with van der Waals surface area (Å²) < 4.78 is 0. The molecule has 1 saturated heterocycles. The van der Waals surface area contributed by atoms with Crippen LogP contribution >= 0.6 is 11.3 Å². The second-order valence-corrected chi connectivity index (χ2v) is 7.47. The van der Waals surface area contributed by atoms with Gasteiger partial charge in [0, 0.05) is 23.3 Å². The van der Waals surface area contributed by atoms with Crippen LogP contribution in [0.3, 0.4) is 0 Å². The van der Waals surface area contributed by atoms with Crippen LogP contribution in [-0.2, 0) is 11.8 Å². The number of nitrogens with zero attached hydrogens (tertiary/aromatic N) is 1. The molecule has 0 saturated carbocycles. The number of thiazole rings is 1. The van der Waals surface area contributed by atoms with Gasteiger partial charge in [0.1, 0.15) is 0 Å². The highest BCUT2D eigenvalue weighted by molar-refractivity contribution is 7.09. The predicted molar refractivity (Wildman–Crippen MR) is 79.3 cm³/mol. The molecule has 1 N–H and O–H groups in total. The summed E-state index contributed by atoms with van der Waals surface area (Å²) in [6.45, 7) is 10.2. The molecular weight excluding hydrogens is 240 g/mol. The number of aromatic nitrogens is 1. The number of hydrogen-bond acceptors (Lipinski definition) is 3. The SMILES string of the molecule is CCC1CCNC(Cc2nc(C(C)(C)C)cs2)C1. The number of hydrogen-bond donors (Lipinski definition) is 1. The lowest BCUT2D eigenvalue weighted by Crippen LogP contribution is -2.39. The first-order valence-corrected chi connectivity index (χ1v) is 8.05. The maximum atomic E-state index is 4.80. The van der Waals surface area contributed by atoms with Crippen molar-refractivity contribution < 1.29 is 0 Å². The van der Waals surface area contributed by atoms with Gasteiger partial charge in [-0.05, 0) is 25.3 Å². The Morgan fingerprint density at radius 3 is 2.83 bits per heavy atom. The van der Waals surface area contributed by atoms with Crippen molar-refractivity contribution in [3.8, 4) is 0 Å². The molecule has 3 heteroatoms. The molecule has 1 aliphatic heterocycles. The van der Waals surface area contributed by atoms with E-state index in [0.717, 1.165) is 12.3 Å². The monoisotopic (exact) mass is 266 g/mol. The molecule has 0 aliphatic carbocycles. The average Bonchev–Trinajstić information content (AvgIpc) is 2.77. The van der Waals surface area contributed by atoms with Crippen molar-refractivity contribution in [2.75, 3.05) is 6.54 Å². The number of nitrogens with one attached hydrogen (secondary N) is 1. The first-order chi connectivity index (χ1) is 8.49. The van der Waals surface area contributed by atoms with Gasteiger partial charge in [0.2, 0.25) is 0 Å². The van der Waals surface area contributed by atoms with Gasteiger partial charge in [0.15, 0.2) is 0 Å². The third-order valence-corrected chi connectivity index (χ3v) is 4.79. The summed E-state index contributed by atoms with van der Waals surface area (Å²) in [6.07, 6.45) is 5.10. The van der Waals surface area contributed by atoms with E-state index in [4.69, 9.17) is 4.98 Å². The van der Waals surface area contributed by atoms with Gasteiger partial charge in [-0.3, -0.25) is 0 Å². The predicted octanol–water partition coefficient (Wildman–Crippen LogP) is 3.76. The van der Waals surface area contributed by atoms with E-state index < -0.39 is 0 Å². The van der Waals surface area contributed by atoms with Crippen LogP contribution in [0, 0.1) is 5.92 Å². The van der Waals surface area contributed by atoms with E-state index in [2.05, 4.69) is 38.4 Å². The Hall–Kier alpha value is -0.410. The molecule has 1 fully saturated rings. The van der Waals surface area contributed by atoms with Crippen LogP contribution in [0.15, 0.2) is 5.38 Å². The first kappa shape index (κ1) is 14.0. The molecular formula is C15H26N2S. The molecule has 1 aromatic rings. The fourth-order valence-electron chi connectivity index (χ4n) is 2.58. The van der Waals surface area contributed by atoms with E-state index in [0.29, 0.717) is 6.04 Å². The minimum atomic E-state index is 0.181. The highest BCUT2D eigenvalue weighted by Gasteiger charge is 2.23. The molecule has 18 heavy (non-hydrogen) atoms. The fourth-order valence-corrected chi connectivity index (χ4v) is 3.68. The Labute approximate surface area is 115 Å². The summed E-state index contributed by atoms with van der Waals surface area (Å²) in [6, 6.07) is 0.641. The van der Waals surface area contributed by atoms with E-state index >= 15 is 0 Å². The summed E-state index contributed by atoms with van der Waals surface area (Å²) in [5.41, 5.74) is 1.42. The van der Waals surface area contributed by atoms with E-state index in [9.17, 15) is 0 Å². The van der Waals surface area contributed by atoms with Gasteiger partial charge in [-0.1, -0.05) is 34.1 Å². The lowest BCUT2D eigenvalue weighted by Gasteiger charge is -2.29. The molecule has 2 heterocycles. The van der Waals surface area contributed by atoms with Gasteiger partial charge in [-0.25, -0.2) is 4.98 Å². The van der Waals surface area contributed by atoms with Crippen molar-refractivity contribution in [3.05, 3.63) is 16.1 Å². The molecule has 1 aliphatic rings. The minimum absolute atomic E-state index is 0.181. The van der Waals surface area contributed by atoms with Crippen LogP contribution in [0.1, 0.15) is 57.7 Å². The smallest absolute Gasteiger partial charge is 0.0944 e. The lowest BCUT2D eigenvalue weighted by atomic mass is 9.89. The summed E-state index contributed by atoms with van der Waals surface area (Å²) in [5.74, 6) is 0.915. The average molecular weight is 266 g/mol. The molecule has 102 valence electrons. The second-order valence-electron chi connectivity index (χ2n) is 6.53. The van der Waals surface area contributed by atoms with Gasteiger partial charge >= 0.3 is 0 Å². The zero-order valence-electron chi connectivity index (χ0n) is 12.1. The highest BCUT2D eigenvalue weighted by Crippen LogP contribution is 2.26. The molecule has 2 nitrogen and oxygen atoms in total. The van der Waals surface area contributed by atoms with Crippen molar-refractivity contribution in [1.29, 1.82) is 0 Å². The van der Waals surface area contributed by atoms with Crippen LogP contribution in [0.25, 0.3) is 0 Å². The lowest BCUT2D eigenvalue weighted by molar-refractivity contribution is 0.293. The van der Waals surface area contributed by atoms with E-state index in [1.54, 1.807) is 0 Å². The topological polar surface area (TPSA) is 24.9 Å². The summed E-state index contributed by atoms with van der Waals surface area (Å²) in [7, 11) is 0. The van der Waals surface area contributed by atoms with Crippen LogP contribution in [0.5, 0.6) is 0 Å². The van der Waals surface area contributed by atoms with E-state index in [-0.39, 0.29) is 5.41 Å². The van der Waals surface area contributed by atoms with Crippen LogP contribution in [-0.4, -0.2) is 17.6 Å². The van der Waals surface area contributed by atoms with Crippen LogP contribution < -0.4 is 5.32 Å². The van der Waals surface area contributed by atoms with Gasteiger partial charge in [-0.2, -0.15) is 0 Å². The van der Waals surface area contributed by atoms with Crippen LogP contribution in [0.4, 0.5) is 0 Å². The molecule has 0 spiro atoms. The van der Waals surface area contributed by atoms with Gasteiger partial charge in [0.25, 0.3) is 0 Å². The van der Waals surface area contributed by atoms with Crippen LogP contribution in [0.2, 0.25) is 0 Å². The summed E-state index contributed by atoms with van der Waals surface area (Å²) >= 11 is 1.83. The fraction of sp³-hybridized carbons (Fsp3) is 0.800. The molecule has 2 unspecified atom stereocenters. The van der Waals surface area contributed by atoms with Crippen molar-refractivity contribution in [2.24, 2.45) is 5.92 Å². The molecule has 0 aromatic carbocycles. The number of piperidine rings is 1. The molecule has 0 radical (unpaired) electrons. The Morgan fingerprint density at radius 1 is 1.44 bits per heavy atom. The largest absolute Gasteiger partial charge is 0.314 e. The summed E-state index contributed by atoms with van der Waals surface area (Å²) in [4.78, 5) is 4.80. The highest BCUT2D eigenvalue weighted by atomic mass is 32.1. The number of rotatable bonds is 3. The molecule has 2 rings (SSSR count). The van der Waals surface area contributed by atoms with Gasteiger partial charge < -0.3 is 5.32 Å². The van der Waals surface area contributed by atoms with E-state index in [1.807, 2.05) is 11.3 Å². The molecule has 2 atom stereocenters. The summed E-state index contributed by atoms with van der Waals surface area (Å²) in [5, 5.41) is 7.18. The maximum Gasteiger partial charge on any atom is 0.0944 e. The maximum absolute atomic E-state index is 4.80. The Morgan fingerprint density at radius 2 is 2.22 bits per heavy atom. The molecule has 0 bridgehead atoms. The second kappa shape index (κ2) is 5.70. The zero-order chi connectivity index (χ0) is 13.2. The minimum Gasteiger partial charge on any atom is -0.314 e.